The molecule has 0 bridgehead atoms. The molecule has 2 aromatic carbocycles. The summed E-state index contributed by atoms with van der Waals surface area (Å²) in [7, 11) is 0. The van der Waals surface area contributed by atoms with Crippen LogP contribution in [0.2, 0.25) is 0 Å². The van der Waals surface area contributed by atoms with E-state index in [4.69, 9.17) is 4.74 Å². The fraction of sp³-hybridized carbons (Fsp3) is 0.190. The summed E-state index contributed by atoms with van der Waals surface area (Å²) in [6.45, 7) is 5.05. The molecule has 1 N–H and O–H groups in total. The summed E-state index contributed by atoms with van der Waals surface area (Å²) in [5.41, 5.74) is 2.40. The summed E-state index contributed by atoms with van der Waals surface area (Å²) in [5, 5.41) is 3.35. The van der Waals surface area contributed by atoms with Gasteiger partial charge in [-0.15, -0.1) is 0 Å². The van der Waals surface area contributed by atoms with Crippen molar-refractivity contribution in [1.29, 1.82) is 0 Å². The van der Waals surface area contributed by atoms with Gasteiger partial charge in [0.15, 0.2) is 0 Å². The van der Waals surface area contributed by atoms with Crippen LogP contribution >= 0.6 is 0 Å². The summed E-state index contributed by atoms with van der Waals surface area (Å²) in [4.78, 5) is 4.46. The maximum Gasteiger partial charge on any atom is 0.127 e. The van der Waals surface area contributed by atoms with Crippen molar-refractivity contribution in [3.05, 3.63) is 84.1 Å². The number of anilines is 1. The Labute approximate surface area is 143 Å². The summed E-state index contributed by atoms with van der Waals surface area (Å²) in [5.74, 6) is 3.06. The number of benzene rings is 2. The van der Waals surface area contributed by atoms with E-state index in [-0.39, 0.29) is 0 Å². The van der Waals surface area contributed by atoms with E-state index in [2.05, 4.69) is 36.3 Å². The second kappa shape index (κ2) is 7.64. The Hall–Kier alpha value is -2.81. The van der Waals surface area contributed by atoms with Gasteiger partial charge in [-0.3, -0.25) is 0 Å². The van der Waals surface area contributed by atoms with Gasteiger partial charge in [0, 0.05) is 12.7 Å². The number of nitrogens with one attached hydrogen (secondary N) is 1. The van der Waals surface area contributed by atoms with Crippen LogP contribution in [0, 0.1) is 0 Å². The van der Waals surface area contributed by atoms with Crippen LogP contribution in [0.4, 0.5) is 5.82 Å². The first-order chi connectivity index (χ1) is 11.7. The quantitative estimate of drug-likeness (QED) is 0.641. The molecule has 0 saturated carbocycles. The van der Waals surface area contributed by atoms with Crippen LogP contribution in [0.1, 0.15) is 30.9 Å². The van der Waals surface area contributed by atoms with Gasteiger partial charge < -0.3 is 10.1 Å². The van der Waals surface area contributed by atoms with Gasteiger partial charge in [0.25, 0.3) is 0 Å². The zero-order chi connectivity index (χ0) is 16.8. The van der Waals surface area contributed by atoms with E-state index in [0.717, 1.165) is 22.9 Å². The molecule has 0 fully saturated rings. The Morgan fingerprint density at radius 2 is 1.71 bits per heavy atom. The molecule has 3 heteroatoms. The monoisotopic (exact) mass is 318 g/mol. The van der Waals surface area contributed by atoms with E-state index in [0.29, 0.717) is 12.5 Å². The van der Waals surface area contributed by atoms with Crippen molar-refractivity contribution in [3.63, 3.8) is 0 Å². The van der Waals surface area contributed by atoms with Gasteiger partial charge in [0.05, 0.1) is 0 Å². The van der Waals surface area contributed by atoms with Crippen molar-refractivity contribution in [1.82, 2.24) is 4.98 Å². The van der Waals surface area contributed by atoms with E-state index < -0.39 is 0 Å². The number of aromatic nitrogens is 1. The van der Waals surface area contributed by atoms with E-state index >= 15 is 0 Å². The highest BCUT2D eigenvalue weighted by Crippen LogP contribution is 2.22. The van der Waals surface area contributed by atoms with Crippen LogP contribution < -0.4 is 10.1 Å². The van der Waals surface area contributed by atoms with E-state index in [1.807, 2.05) is 60.8 Å². The molecule has 24 heavy (non-hydrogen) atoms. The van der Waals surface area contributed by atoms with Gasteiger partial charge in [-0.25, -0.2) is 4.98 Å². The van der Waals surface area contributed by atoms with Gasteiger partial charge in [-0.05, 0) is 47.4 Å². The molecule has 0 atom stereocenters. The summed E-state index contributed by atoms with van der Waals surface area (Å²) < 4.78 is 5.87. The third-order valence-corrected chi connectivity index (χ3v) is 3.80. The predicted octanol–water partition coefficient (Wildman–Crippen LogP) is 5.61. The topological polar surface area (TPSA) is 34.1 Å². The number of hydrogen-bond acceptors (Lipinski definition) is 3. The van der Waals surface area contributed by atoms with Crippen LogP contribution in [0.15, 0.2) is 72.9 Å². The number of nitrogens with zero attached hydrogens (tertiary/aromatic N) is 1. The van der Waals surface area contributed by atoms with Crippen molar-refractivity contribution in [2.75, 3.05) is 5.32 Å². The Balaban J connectivity index is 1.62. The average molecular weight is 318 g/mol. The molecule has 3 aromatic rings. The molecule has 0 aliphatic carbocycles. The minimum absolute atomic E-state index is 0.498. The summed E-state index contributed by atoms with van der Waals surface area (Å²) in [6, 6.07) is 22.0. The van der Waals surface area contributed by atoms with E-state index in [9.17, 15) is 0 Å². The Morgan fingerprint density at radius 1 is 0.917 bits per heavy atom. The average Bonchev–Trinajstić information content (AvgIpc) is 2.61. The molecule has 3 rings (SSSR count). The zero-order valence-electron chi connectivity index (χ0n) is 14.1. The third kappa shape index (κ3) is 4.35. The van der Waals surface area contributed by atoms with Crippen LogP contribution in [0.5, 0.6) is 11.5 Å². The molecule has 1 heterocycles. The molecular formula is C21H22N2O. The van der Waals surface area contributed by atoms with Crippen molar-refractivity contribution in [2.45, 2.75) is 26.3 Å². The largest absolute Gasteiger partial charge is 0.457 e. The van der Waals surface area contributed by atoms with Gasteiger partial charge in [-0.2, -0.15) is 0 Å². The first-order valence-electron chi connectivity index (χ1n) is 8.22. The highest BCUT2D eigenvalue weighted by atomic mass is 16.5. The van der Waals surface area contributed by atoms with Crippen molar-refractivity contribution >= 4 is 5.82 Å². The Bertz CT molecular complexity index is 767. The molecule has 0 unspecified atom stereocenters. The molecule has 3 nitrogen and oxygen atoms in total. The molecule has 0 amide bonds. The number of rotatable bonds is 6. The van der Waals surface area contributed by atoms with Crippen LogP contribution in [-0.4, -0.2) is 4.98 Å². The normalized spacial score (nSPS) is 10.6. The number of pyridine rings is 1. The lowest BCUT2D eigenvalue weighted by Gasteiger charge is -2.10. The summed E-state index contributed by atoms with van der Waals surface area (Å²) >= 11 is 0. The zero-order valence-corrected chi connectivity index (χ0v) is 14.1. The lowest BCUT2D eigenvalue weighted by Crippen LogP contribution is -2.02. The maximum atomic E-state index is 5.87. The van der Waals surface area contributed by atoms with Crippen LogP contribution in [0.25, 0.3) is 0 Å². The van der Waals surface area contributed by atoms with E-state index in [1.165, 1.54) is 5.56 Å². The fourth-order valence-corrected chi connectivity index (χ4v) is 2.39. The van der Waals surface area contributed by atoms with Crippen molar-refractivity contribution in [2.24, 2.45) is 0 Å². The highest BCUT2D eigenvalue weighted by Gasteiger charge is 2.02. The molecular weight excluding hydrogens is 296 g/mol. The van der Waals surface area contributed by atoms with Gasteiger partial charge in [-0.1, -0.05) is 50.2 Å². The fourth-order valence-electron chi connectivity index (χ4n) is 2.39. The molecule has 0 saturated heterocycles. The molecule has 0 aliphatic rings. The molecule has 0 aliphatic heterocycles. The summed E-state index contributed by atoms with van der Waals surface area (Å²) in [6.07, 6.45) is 1.93. The molecule has 0 radical (unpaired) electrons. The first-order valence-corrected chi connectivity index (χ1v) is 8.22. The molecule has 122 valence electrons. The number of ether oxygens (including phenoxy) is 1. The number of para-hydroxylation sites is 1. The molecule has 1 aromatic heterocycles. The maximum absolute atomic E-state index is 5.87. The van der Waals surface area contributed by atoms with E-state index in [1.54, 1.807) is 0 Å². The lowest BCUT2D eigenvalue weighted by molar-refractivity contribution is 0.482. The van der Waals surface area contributed by atoms with Gasteiger partial charge in [0.1, 0.15) is 17.3 Å². The minimum atomic E-state index is 0.498. The Kier molecular flexibility index (Phi) is 5.12. The predicted molar refractivity (Wildman–Crippen MR) is 98.6 cm³/mol. The standard InChI is InChI=1S/C21H22N2O/c1-16(2)18-11-12-21(23-15-18)22-14-17-7-6-10-20(13-17)24-19-8-4-3-5-9-19/h3-13,15-16H,14H2,1-2H3,(H,22,23). The van der Waals surface area contributed by atoms with Crippen LogP contribution in [0.3, 0.4) is 0 Å². The van der Waals surface area contributed by atoms with Crippen molar-refractivity contribution < 1.29 is 4.74 Å². The highest BCUT2D eigenvalue weighted by molar-refractivity contribution is 5.39. The molecule has 0 spiro atoms. The third-order valence-electron chi connectivity index (χ3n) is 3.80. The number of hydrogen-bond donors (Lipinski definition) is 1. The van der Waals surface area contributed by atoms with Gasteiger partial charge in [0.2, 0.25) is 0 Å². The van der Waals surface area contributed by atoms with Crippen molar-refractivity contribution in [3.8, 4) is 11.5 Å². The van der Waals surface area contributed by atoms with Gasteiger partial charge >= 0.3 is 0 Å². The first kappa shape index (κ1) is 16.1. The Morgan fingerprint density at radius 3 is 2.42 bits per heavy atom. The SMILES string of the molecule is CC(C)c1ccc(NCc2cccc(Oc3ccccc3)c2)nc1. The van der Waals surface area contributed by atoms with Crippen LogP contribution in [-0.2, 0) is 6.54 Å². The second-order valence-corrected chi connectivity index (χ2v) is 6.05. The second-order valence-electron chi connectivity index (χ2n) is 6.05. The smallest absolute Gasteiger partial charge is 0.127 e. The minimum Gasteiger partial charge on any atom is -0.457 e. The lowest BCUT2D eigenvalue weighted by atomic mass is 10.1.